The molecule has 0 radical (unpaired) electrons. The van der Waals surface area contributed by atoms with Crippen LogP contribution in [-0.2, 0) is 0 Å². The number of carbonyl (C=O) groups excluding carboxylic acids is 3. The van der Waals surface area contributed by atoms with Crippen LogP contribution in [0, 0.1) is 5.41 Å². The Morgan fingerprint density at radius 2 is 1.21 bits per heavy atom. The van der Waals surface area contributed by atoms with Crippen molar-refractivity contribution in [3.05, 3.63) is 0 Å². The summed E-state index contributed by atoms with van der Waals surface area (Å²) in [6.07, 6.45) is 7.39. The molecule has 0 aromatic heterocycles. The molecular weight excluding hydrogens is 654 g/mol. The monoisotopic (exact) mass is 730 g/mol. The van der Waals surface area contributed by atoms with Gasteiger partial charge in [-0.05, 0) is 114 Å². The Labute approximate surface area is 316 Å². The highest BCUT2D eigenvalue weighted by Crippen LogP contribution is 2.42. The lowest BCUT2D eigenvalue weighted by Gasteiger charge is -2.53. The lowest BCUT2D eigenvalue weighted by Crippen LogP contribution is -2.67. The number of urea groups is 3. The SMILES string of the molecule is CC(C)N1CCC2(CCN2C(=O)N(CCC(C)N(C)C(=O)N2CC3(CCN(C(C)CCC(C)N4CCCN(C(=O)N(C)C(C)C)C4)C3)C2)C(C)C)C1. The maximum absolute atomic E-state index is 13.8. The van der Waals surface area contributed by atoms with E-state index in [2.05, 4.69) is 81.9 Å². The standard InChI is InChI=1S/C40H75N9O3/c1-30(2)41(10)36(50)46-20-12-19-45(29-46)35(9)14-13-34(8)44-22-16-39(25-44)26-47(27-39)37(51)42(11)33(7)15-21-48(32(5)6)38(52)49-24-18-40(49)17-23-43(28-40)31(3)4/h30-35H,12-29H2,1-11H3. The molecule has 5 rings (SSSR count). The zero-order valence-electron chi connectivity index (χ0n) is 34.9. The van der Waals surface area contributed by atoms with Crippen molar-refractivity contribution < 1.29 is 14.4 Å². The normalized spacial score (nSPS) is 25.6. The van der Waals surface area contributed by atoms with Crippen LogP contribution in [0.25, 0.3) is 0 Å². The maximum Gasteiger partial charge on any atom is 0.321 e. The van der Waals surface area contributed by atoms with Crippen molar-refractivity contribution >= 4 is 18.1 Å². The Hall–Kier alpha value is -2.31. The number of hydrogen-bond donors (Lipinski definition) is 0. The van der Waals surface area contributed by atoms with Gasteiger partial charge in [0.05, 0.1) is 12.2 Å². The van der Waals surface area contributed by atoms with Crippen LogP contribution < -0.4 is 0 Å². The van der Waals surface area contributed by atoms with Crippen molar-refractivity contribution in [3.8, 4) is 0 Å². The Bertz CT molecular complexity index is 1240. The van der Waals surface area contributed by atoms with Crippen LogP contribution >= 0.6 is 0 Å². The van der Waals surface area contributed by atoms with Crippen molar-refractivity contribution in [2.45, 2.75) is 149 Å². The van der Waals surface area contributed by atoms with Crippen molar-refractivity contribution in [1.82, 2.24) is 44.1 Å². The van der Waals surface area contributed by atoms with E-state index in [-0.39, 0.29) is 47.2 Å². The van der Waals surface area contributed by atoms with Gasteiger partial charge in [0.1, 0.15) is 0 Å². The van der Waals surface area contributed by atoms with Gasteiger partial charge < -0.3 is 29.4 Å². The summed E-state index contributed by atoms with van der Waals surface area (Å²) in [5.41, 5.74) is 0.227. The molecule has 5 heterocycles. The van der Waals surface area contributed by atoms with Gasteiger partial charge in [-0.3, -0.25) is 14.7 Å². The Balaban J connectivity index is 1.03. The average Bonchev–Trinajstić information content (AvgIpc) is 3.76. The van der Waals surface area contributed by atoms with Gasteiger partial charge in [0.15, 0.2) is 0 Å². The second-order valence-corrected chi connectivity index (χ2v) is 18.5. The summed E-state index contributed by atoms with van der Waals surface area (Å²) in [6, 6.07) is 2.26. The van der Waals surface area contributed by atoms with Crippen molar-refractivity contribution in [2.24, 2.45) is 5.41 Å². The molecule has 2 spiro atoms. The van der Waals surface area contributed by atoms with Crippen LogP contribution in [0.3, 0.4) is 0 Å². The molecule has 5 aliphatic rings. The topological polar surface area (TPSA) is 80.4 Å². The van der Waals surface area contributed by atoms with Crippen LogP contribution in [-0.4, -0.2) is 190 Å². The minimum atomic E-state index is 0.00909. The summed E-state index contributed by atoms with van der Waals surface area (Å²) in [4.78, 5) is 60.1. The summed E-state index contributed by atoms with van der Waals surface area (Å²) < 4.78 is 0. The fraction of sp³-hybridized carbons (Fsp3) is 0.925. The zero-order valence-corrected chi connectivity index (χ0v) is 34.9. The quantitative estimate of drug-likeness (QED) is 0.275. The highest BCUT2D eigenvalue weighted by Gasteiger charge is 2.53. The average molecular weight is 730 g/mol. The van der Waals surface area contributed by atoms with Gasteiger partial charge in [-0.15, -0.1) is 0 Å². The van der Waals surface area contributed by atoms with Gasteiger partial charge in [-0.1, -0.05) is 0 Å². The summed E-state index contributed by atoms with van der Waals surface area (Å²) in [6.45, 7) is 29.7. The molecule has 0 bridgehead atoms. The minimum absolute atomic E-state index is 0.00909. The third-order valence-corrected chi connectivity index (χ3v) is 13.9. The number of hydrogen-bond acceptors (Lipinski definition) is 6. The summed E-state index contributed by atoms with van der Waals surface area (Å²) in [7, 11) is 3.84. The molecule has 0 aromatic rings. The molecule has 5 saturated heterocycles. The van der Waals surface area contributed by atoms with Crippen LogP contribution in [0.4, 0.5) is 14.4 Å². The van der Waals surface area contributed by atoms with E-state index in [4.69, 9.17) is 0 Å². The number of likely N-dealkylation sites (tertiary alicyclic amines) is 4. The first kappa shape index (κ1) is 40.9. The van der Waals surface area contributed by atoms with E-state index in [1.807, 2.05) is 38.6 Å². The first-order valence-corrected chi connectivity index (χ1v) is 20.8. The lowest BCUT2D eigenvalue weighted by atomic mass is 9.79. The smallest absolute Gasteiger partial charge is 0.321 e. The number of nitrogens with zero attached hydrogens (tertiary/aromatic N) is 9. The van der Waals surface area contributed by atoms with E-state index in [9.17, 15) is 14.4 Å². The van der Waals surface area contributed by atoms with Crippen molar-refractivity contribution in [2.75, 3.05) is 86.2 Å². The second kappa shape index (κ2) is 16.6. The molecule has 12 heteroatoms. The number of amides is 6. The first-order chi connectivity index (χ1) is 24.5. The highest BCUT2D eigenvalue weighted by molar-refractivity contribution is 5.77. The predicted molar refractivity (Wildman–Crippen MR) is 209 cm³/mol. The molecule has 4 atom stereocenters. The van der Waals surface area contributed by atoms with E-state index in [0.29, 0.717) is 24.7 Å². The van der Waals surface area contributed by atoms with Crippen LogP contribution in [0.5, 0.6) is 0 Å². The molecule has 0 N–H and O–H groups in total. The summed E-state index contributed by atoms with van der Waals surface area (Å²) in [5.74, 6) is 0. The first-order valence-electron chi connectivity index (χ1n) is 20.8. The molecule has 52 heavy (non-hydrogen) atoms. The zero-order chi connectivity index (χ0) is 38.1. The highest BCUT2D eigenvalue weighted by atomic mass is 16.2. The van der Waals surface area contributed by atoms with Gasteiger partial charge in [0.25, 0.3) is 0 Å². The van der Waals surface area contributed by atoms with E-state index in [1.165, 1.54) is 0 Å². The summed E-state index contributed by atoms with van der Waals surface area (Å²) in [5, 5.41) is 0. The van der Waals surface area contributed by atoms with Crippen molar-refractivity contribution in [1.29, 1.82) is 0 Å². The molecule has 5 aliphatic heterocycles. The minimum Gasteiger partial charge on any atom is -0.325 e. The number of rotatable bonds is 12. The fourth-order valence-corrected chi connectivity index (χ4v) is 9.39. The molecular formula is C40H75N9O3. The molecule has 6 amide bonds. The molecule has 0 aliphatic carbocycles. The van der Waals surface area contributed by atoms with Gasteiger partial charge in [0, 0.05) is 115 Å². The molecule has 4 unspecified atom stereocenters. The Morgan fingerprint density at radius 1 is 0.596 bits per heavy atom. The van der Waals surface area contributed by atoms with E-state index < -0.39 is 0 Å². The molecule has 5 fully saturated rings. The van der Waals surface area contributed by atoms with Gasteiger partial charge in [-0.2, -0.15) is 0 Å². The predicted octanol–water partition coefficient (Wildman–Crippen LogP) is 5.20. The lowest BCUT2D eigenvalue weighted by molar-refractivity contribution is 0.00581. The molecule has 0 saturated carbocycles. The van der Waals surface area contributed by atoms with Crippen molar-refractivity contribution in [3.63, 3.8) is 0 Å². The Kier molecular flexibility index (Phi) is 13.0. The fourth-order valence-electron chi connectivity index (χ4n) is 9.39. The van der Waals surface area contributed by atoms with Gasteiger partial charge >= 0.3 is 18.1 Å². The third-order valence-electron chi connectivity index (χ3n) is 13.9. The molecule has 12 nitrogen and oxygen atoms in total. The van der Waals surface area contributed by atoms with E-state index in [1.54, 1.807) is 0 Å². The van der Waals surface area contributed by atoms with Gasteiger partial charge in [0.2, 0.25) is 0 Å². The number of carbonyl (C=O) groups is 3. The second-order valence-electron chi connectivity index (χ2n) is 18.5. The van der Waals surface area contributed by atoms with Crippen LogP contribution in [0.15, 0.2) is 0 Å². The van der Waals surface area contributed by atoms with Crippen LogP contribution in [0.2, 0.25) is 0 Å². The Morgan fingerprint density at radius 3 is 1.79 bits per heavy atom. The van der Waals surface area contributed by atoms with Crippen LogP contribution in [0.1, 0.15) is 107 Å². The summed E-state index contributed by atoms with van der Waals surface area (Å²) >= 11 is 0. The molecule has 0 aromatic carbocycles. The maximum atomic E-state index is 13.8. The van der Waals surface area contributed by atoms with E-state index >= 15 is 0 Å². The molecule has 298 valence electrons. The third kappa shape index (κ3) is 8.64. The largest absolute Gasteiger partial charge is 0.325 e. The van der Waals surface area contributed by atoms with Gasteiger partial charge in [-0.25, -0.2) is 14.4 Å². The van der Waals surface area contributed by atoms with E-state index in [0.717, 1.165) is 111 Å².